The Kier molecular flexibility index (Phi) is 4.96. The maximum atomic E-state index is 9.40. The number of aliphatic hydroxyl groups is 1. The first kappa shape index (κ1) is 14.3. The lowest BCUT2D eigenvalue weighted by atomic mass is 10.1. The molecule has 4 nitrogen and oxygen atoms in total. The number of aromatic nitrogens is 1. The predicted octanol–water partition coefficient (Wildman–Crippen LogP) is 3.15. The Labute approximate surface area is 119 Å². The Morgan fingerprint density at radius 2 is 2.00 bits per heavy atom. The van der Waals surface area contributed by atoms with Crippen molar-refractivity contribution in [1.82, 2.24) is 4.98 Å². The first-order valence-corrected chi connectivity index (χ1v) is 6.77. The van der Waals surface area contributed by atoms with Crippen LogP contribution in [-0.4, -0.2) is 16.7 Å². The van der Waals surface area contributed by atoms with E-state index in [1.54, 1.807) is 12.4 Å². The first-order chi connectivity index (χ1) is 9.74. The van der Waals surface area contributed by atoms with Gasteiger partial charge in [0.1, 0.15) is 5.75 Å². The number of nitrogens with zero attached hydrogens (tertiary/aromatic N) is 1. The molecule has 0 aliphatic carbocycles. The lowest BCUT2D eigenvalue weighted by Gasteiger charge is -2.17. The van der Waals surface area contributed by atoms with Gasteiger partial charge in [-0.05, 0) is 49.7 Å². The van der Waals surface area contributed by atoms with Crippen LogP contribution in [0.5, 0.6) is 5.75 Å². The number of anilines is 1. The highest BCUT2D eigenvalue weighted by Crippen LogP contribution is 2.25. The molecule has 1 unspecified atom stereocenters. The summed E-state index contributed by atoms with van der Waals surface area (Å²) >= 11 is 0. The second-order valence-electron chi connectivity index (χ2n) is 4.56. The SMILES string of the molecule is CCOc1ccc(NC(C)c2ccncc2)cc1CO. The third kappa shape index (κ3) is 3.48. The van der Waals surface area contributed by atoms with Gasteiger partial charge in [0, 0.05) is 29.7 Å². The fourth-order valence-corrected chi connectivity index (χ4v) is 2.07. The number of ether oxygens (including phenoxy) is 1. The van der Waals surface area contributed by atoms with Crippen molar-refractivity contribution in [3.63, 3.8) is 0 Å². The summed E-state index contributed by atoms with van der Waals surface area (Å²) in [5.41, 5.74) is 2.92. The van der Waals surface area contributed by atoms with Crippen molar-refractivity contribution >= 4 is 5.69 Å². The normalized spacial score (nSPS) is 11.9. The van der Waals surface area contributed by atoms with Crippen molar-refractivity contribution in [3.8, 4) is 5.75 Å². The molecule has 4 heteroatoms. The molecular weight excluding hydrogens is 252 g/mol. The summed E-state index contributed by atoms with van der Waals surface area (Å²) in [4.78, 5) is 4.02. The zero-order valence-electron chi connectivity index (χ0n) is 11.8. The van der Waals surface area contributed by atoms with E-state index in [9.17, 15) is 5.11 Å². The van der Waals surface area contributed by atoms with Gasteiger partial charge < -0.3 is 15.2 Å². The average Bonchev–Trinajstić information content (AvgIpc) is 2.50. The molecule has 1 aromatic carbocycles. The average molecular weight is 272 g/mol. The van der Waals surface area contributed by atoms with Gasteiger partial charge in [0.2, 0.25) is 0 Å². The van der Waals surface area contributed by atoms with E-state index in [0.29, 0.717) is 6.61 Å². The largest absolute Gasteiger partial charge is 0.494 e. The number of aliphatic hydroxyl groups excluding tert-OH is 1. The maximum Gasteiger partial charge on any atom is 0.124 e. The topological polar surface area (TPSA) is 54.4 Å². The predicted molar refractivity (Wildman–Crippen MR) is 79.8 cm³/mol. The summed E-state index contributed by atoms with van der Waals surface area (Å²) in [5.74, 6) is 0.733. The van der Waals surface area contributed by atoms with Crippen molar-refractivity contribution in [1.29, 1.82) is 0 Å². The van der Waals surface area contributed by atoms with E-state index < -0.39 is 0 Å². The Bertz CT molecular complexity index is 543. The van der Waals surface area contributed by atoms with E-state index in [4.69, 9.17) is 4.74 Å². The number of hydrogen-bond acceptors (Lipinski definition) is 4. The van der Waals surface area contributed by atoms with Gasteiger partial charge in [-0.25, -0.2) is 0 Å². The van der Waals surface area contributed by atoms with Crippen LogP contribution in [0, 0.1) is 0 Å². The molecule has 2 rings (SSSR count). The summed E-state index contributed by atoms with van der Waals surface area (Å²) in [7, 11) is 0. The van der Waals surface area contributed by atoms with E-state index >= 15 is 0 Å². The van der Waals surface area contributed by atoms with Gasteiger partial charge in [0.25, 0.3) is 0 Å². The van der Waals surface area contributed by atoms with Crippen LogP contribution in [-0.2, 0) is 6.61 Å². The molecule has 0 fully saturated rings. The fourth-order valence-electron chi connectivity index (χ4n) is 2.07. The first-order valence-electron chi connectivity index (χ1n) is 6.77. The Balaban J connectivity index is 2.13. The lowest BCUT2D eigenvalue weighted by Crippen LogP contribution is -2.07. The maximum absolute atomic E-state index is 9.40. The van der Waals surface area contributed by atoms with Crippen LogP contribution in [0.15, 0.2) is 42.7 Å². The fraction of sp³-hybridized carbons (Fsp3) is 0.312. The van der Waals surface area contributed by atoms with Crippen molar-refractivity contribution in [2.75, 3.05) is 11.9 Å². The zero-order chi connectivity index (χ0) is 14.4. The molecule has 0 aliphatic rings. The Hall–Kier alpha value is -2.07. The van der Waals surface area contributed by atoms with Gasteiger partial charge in [-0.15, -0.1) is 0 Å². The minimum Gasteiger partial charge on any atom is -0.494 e. The van der Waals surface area contributed by atoms with Gasteiger partial charge in [-0.1, -0.05) is 0 Å². The van der Waals surface area contributed by atoms with Crippen LogP contribution in [0.4, 0.5) is 5.69 Å². The molecule has 20 heavy (non-hydrogen) atoms. The van der Waals surface area contributed by atoms with Gasteiger partial charge >= 0.3 is 0 Å². The second kappa shape index (κ2) is 6.91. The van der Waals surface area contributed by atoms with Crippen molar-refractivity contribution in [2.24, 2.45) is 0 Å². The summed E-state index contributed by atoms with van der Waals surface area (Å²) in [6.07, 6.45) is 3.57. The highest BCUT2D eigenvalue weighted by molar-refractivity contribution is 5.52. The number of benzene rings is 1. The molecule has 1 aromatic heterocycles. The molecule has 1 atom stereocenters. The number of pyridine rings is 1. The van der Waals surface area contributed by atoms with Crippen LogP contribution >= 0.6 is 0 Å². The molecule has 0 bridgehead atoms. The van der Waals surface area contributed by atoms with E-state index in [1.807, 2.05) is 37.3 Å². The Morgan fingerprint density at radius 3 is 2.65 bits per heavy atom. The summed E-state index contributed by atoms with van der Waals surface area (Å²) < 4.78 is 5.48. The number of rotatable bonds is 6. The monoisotopic (exact) mass is 272 g/mol. The van der Waals surface area contributed by atoms with Crippen LogP contribution in [0.25, 0.3) is 0 Å². The van der Waals surface area contributed by atoms with E-state index in [2.05, 4.69) is 17.2 Å². The lowest BCUT2D eigenvalue weighted by molar-refractivity contribution is 0.267. The molecule has 0 spiro atoms. The molecule has 0 saturated heterocycles. The highest BCUT2D eigenvalue weighted by atomic mass is 16.5. The molecule has 0 amide bonds. The number of hydrogen-bond donors (Lipinski definition) is 2. The zero-order valence-corrected chi connectivity index (χ0v) is 11.8. The summed E-state index contributed by atoms with van der Waals surface area (Å²) in [5, 5.41) is 12.8. The molecule has 0 radical (unpaired) electrons. The molecule has 2 N–H and O–H groups in total. The van der Waals surface area contributed by atoms with Crippen LogP contribution in [0.3, 0.4) is 0 Å². The van der Waals surface area contributed by atoms with Crippen molar-refractivity contribution in [2.45, 2.75) is 26.5 Å². The van der Waals surface area contributed by atoms with Crippen LogP contribution in [0.2, 0.25) is 0 Å². The Morgan fingerprint density at radius 1 is 1.25 bits per heavy atom. The standard InChI is InChI=1S/C16H20N2O2/c1-3-20-16-5-4-15(10-14(16)11-19)18-12(2)13-6-8-17-9-7-13/h4-10,12,18-19H,3,11H2,1-2H3. The van der Waals surface area contributed by atoms with Crippen molar-refractivity contribution < 1.29 is 9.84 Å². The summed E-state index contributed by atoms with van der Waals surface area (Å²) in [6, 6.07) is 9.90. The summed E-state index contributed by atoms with van der Waals surface area (Å²) in [6.45, 7) is 4.57. The van der Waals surface area contributed by atoms with Gasteiger partial charge in [0.15, 0.2) is 0 Å². The van der Waals surface area contributed by atoms with E-state index in [1.165, 1.54) is 5.56 Å². The molecule has 0 aliphatic heterocycles. The minimum atomic E-state index is -0.0332. The van der Waals surface area contributed by atoms with E-state index in [0.717, 1.165) is 17.0 Å². The van der Waals surface area contributed by atoms with Gasteiger partial charge in [-0.3, -0.25) is 4.98 Å². The molecule has 2 aromatic rings. The third-order valence-electron chi connectivity index (χ3n) is 3.12. The van der Waals surface area contributed by atoms with Gasteiger partial charge in [0.05, 0.1) is 13.2 Å². The molecule has 106 valence electrons. The number of nitrogens with one attached hydrogen (secondary N) is 1. The molecule has 0 saturated carbocycles. The second-order valence-corrected chi connectivity index (χ2v) is 4.56. The highest BCUT2D eigenvalue weighted by Gasteiger charge is 2.08. The third-order valence-corrected chi connectivity index (χ3v) is 3.12. The minimum absolute atomic E-state index is 0.0332. The smallest absolute Gasteiger partial charge is 0.124 e. The molecular formula is C16H20N2O2. The van der Waals surface area contributed by atoms with Crippen LogP contribution < -0.4 is 10.1 Å². The van der Waals surface area contributed by atoms with E-state index in [-0.39, 0.29) is 12.6 Å². The van der Waals surface area contributed by atoms with Crippen LogP contribution in [0.1, 0.15) is 31.0 Å². The quantitative estimate of drug-likeness (QED) is 0.848. The van der Waals surface area contributed by atoms with Crippen molar-refractivity contribution in [3.05, 3.63) is 53.9 Å². The molecule has 1 heterocycles. The van der Waals surface area contributed by atoms with Gasteiger partial charge in [-0.2, -0.15) is 0 Å².